The predicted molar refractivity (Wildman–Crippen MR) is 156 cm³/mol. The number of furan rings is 1. The molecule has 0 saturated heterocycles. The highest BCUT2D eigenvalue weighted by Gasteiger charge is 2.17. The summed E-state index contributed by atoms with van der Waals surface area (Å²) in [5, 5.41) is 5.77. The average molecular weight is 590 g/mol. The Morgan fingerprint density at radius 3 is 2.47 bits per heavy atom. The van der Waals surface area contributed by atoms with E-state index in [0.717, 1.165) is 21.1 Å². The van der Waals surface area contributed by atoms with E-state index < -0.39 is 5.91 Å². The number of thiocarbonyl (C=S) groups is 1. The molecule has 0 aliphatic carbocycles. The second-order valence-electron chi connectivity index (χ2n) is 8.89. The first-order valence-corrected chi connectivity index (χ1v) is 13.1. The lowest BCUT2D eigenvalue weighted by atomic mass is 10.0. The first-order chi connectivity index (χ1) is 18.3. The van der Waals surface area contributed by atoms with Gasteiger partial charge in [-0.05, 0) is 78.3 Å². The van der Waals surface area contributed by atoms with Crippen LogP contribution in [0.25, 0.3) is 33.9 Å². The van der Waals surface area contributed by atoms with Gasteiger partial charge in [0.25, 0.3) is 5.91 Å². The molecule has 0 bridgehead atoms. The van der Waals surface area contributed by atoms with Crippen LogP contribution in [0.1, 0.15) is 35.9 Å². The lowest BCUT2D eigenvalue weighted by Crippen LogP contribution is -2.34. The fourth-order valence-corrected chi connectivity index (χ4v) is 4.38. The van der Waals surface area contributed by atoms with Gasteiger partial charge in [0.2, 0.25) is 5.89 Å². The Morgan fingerprint density at radius 2 is 1.74 bits per heavy atom. The van der Waals surface area contributed by atoms with Gasteiger partial charge in [-0.3, -0.25) is 10.1 Å². The van der Waals surface area contributed by atoms with Crippen LogP contribution in [0.5, 0.6) is 5.75 Å². The summed E-state index contributed by atoms with van der Waals surface area (Å²) in [6.45, 7) is 4.27. The molecule has 0 aliphatic rings. The maximum atomic E-state index is 12.8. The number of anilines is 1. The van der Waals surface area contributed by atoms with Crippen LogP contribution < -0.4 is 15.4 Å². The van der Waals surface area contributed by atoms with E-state index in [4.69, 9.17) is 25.8 Å². The van der Waals surface area contributed by atoms with Gasteiger partial charge in [0, 0.05) is 15.6 Å². The van der Waals surface area contributed by atoms with Gasteiger partial charge in [0.15, 0.2) is 16.5 Å². The van der Waals surface area contributed by atoms with E-state index in [9.17, 15) is 4.79 Å². The van der Waals surface area contributed by atoms with E-state index in [0.29, 0.717) is 34.6 Å². The fraction of sp³-hybridized carbons (Fsp3) is 0.138. The van der Waals surface area contributed by atoms with Crippen molar-refractivity contribution in [1.82, 2.24) is 10.3 Å². The first-order valence-electron chi connectivity index (χ1n) is 11.9. The van der Waals surface area contributed by atoms with Gasteiger partial charge in [-0.15, -0.1) is 0 Å². The Kier molecular flexibility index (Phi) is 7.31. The Labute approximate surface area is 233 Å². The number of fused-ring (bicyclic) bond motifs is 1. The molecule has 0 spiro atoms. The molecule has 192 valence electrons. The number of nitrogens with zero attached hydrogens (tertiary/aromatic N) is 1. The minimum Gasteiger partial charge on any atom is -0.495 e. The highest BCUT2D eigenvalue weighted by Crippen LogP contribution is 2.33. The van der Waals surface area contributed by atoms with Crippen molar-refractivity contribution in [1.29, 1.82) is 0 Å². The number of methoxy groups -OCH3 is 1. The molecule has 9 heteroatoms. The zero-order valence-electron chi connectivity index (χ0n) is 20.9. The van der Waals surface area contributed by atoms with Crippen molar-refractivity contribution in [2.75, 3.05) is 12.4 Å². The van der Waals surface area contributed by atoms with E-state index in [1.807, 2.05) is 54.6 Å². The summed E-state index contributed by atoms with van der Waals surface area (Å²) >= 11 is 8.81. The first kappa shape index (κ1) is 25.7. The minimum atomic E-state index is -0.471. The highest BCUT2D eigenvalue weighted by atomic mass is 79.9. The van der Waals surface area contributed by atoms with Crippen LogP contribution in [0.3, 0.4) is 0 Å². The van der Waals surface area contributed by atoms with E-state index in [2.05, 4.69) is 45.4 Å². The summed E-state index contributed by atoms with van der Waals surface area (Å²) in [6, 6.07) is 22.4. The third kappa shape index (κ3) is 5.49. The molecule has 2 N–H and O–H groups in total. The van der Waals surface area contributed by atoms with Crippen molar-refractivity contribution in [3.63, 3.8) is 0 Å². The topological polar surface area (TPSA) is 89.5 Å². The number of hydrogen-bond acceptors (Lipinski definition) is 6. The van der Waals surface area contributed by atoms with Crippen molar-refractivity contribution in [2.45, 2.75) is 19.8 Å². The van der Waals surface area contributed by atoms with Crippen LogP contribution >= 0.6 is 28.1 Å². The van der Waals surface area contributed by atoms with E-state index in [1.54, 1.807) is 25.3 Å². The zero-order valence-corrected chi connectivity index (χ0v) is 23.3. The summed E-state index contributed by atoms with van der Waals surface area (Å²) in [4.78, 5) is 17.4. The van der Waals surface area contributed by atoms with Gasteiger partial charge < -0.3 is 18.9 Å². The monoisotopic (exact) mass is 589 g/mol. The van der Waals surface area contributed by atoms with Gasteiger partial charge in [0.1, 0.15) is 17.0 Å². The van der Waals surface area contributed by atoms with Crippen molar-refractivity contribution in [3.05, 3.63) is 88.6 Å². The standard InChI is InChI=1S/C29H24BrN3O4S/c1-16(2)18-6-11-25-22(14-18)31-28(37-25)19-7-10-24(35-3)21(15-19)32-29(38)33-27(34)26-13-12-23(36-26)17-4-8-20(30)9-5-17/h4-16H,1-3H3,(H2,32,33,34,38). The van der Waals surface area contributed by atoms with Crippen molar-refractivity contribution < 1.29 is 18.4 Å². The van der Waals surface area contributed by atoms with Crippen LogP contribution in [0, 0.1) is 0 Å². The van der Waals surface area contributed by atoms with Crippen LogP contribution in [0.4, 0.5) is 5.69 Å². The normalized spacial score (nSPS) is 11.1. The Hall–Kier alpha value is -3.95. The number of rotatable bonds is 6. The molecule has 0 radical (unpaired) electrons. The molecule has 0 atom stereocenters. The largest absolute Gasteiger partial charge is 0.495 e. The third-order valence-electron chi connectivity index (χ3n) is 5.96. The number of halogens is 1. The second kappa shape index (κ2) is 10.8. The van der Waals surface area contributed by atoms with Gasteiger partial charge in [0.05, 0.1) is 12.8 Å². The molecular weight excluding hydrogens is 566 g/mol. The molecule has 0 saturated carbocycles. The van der Waals surface area contributed by atoms with Crippen molar-refractivity contribution >= 4 is 56.0 Å². The van der Waals surface area contributed by atoms with E-state index in [1.165, 1.54) is 5.56 Å². The average Bonchev–Trinajstić information content (AvgIpc) is 3.56. The van der Waals surface area contributed by atoms with Crippen LogP contribution in [0.15, 0.2) is 86.1 Å². The van der Waals surface area contributed by atoms with E-state index in [-0.39, 0.29) is 10.9 Å². The zero-order chi connectivity index (χ0) is 26.8. The molecule has 5 rings (SSSR count). The third-order valence-corrected chi connectivity index (χ3v) is 6.69. The molecular formula is C29H24BrN3O4S. The molecule has 2 aromatic heterocycles. The van der Waals surface area contributed by atoms with Gasteiger partial charge in [-0.25, -0.2) is 4.98 Å². The number of nitrogens with one attached hydrogen (secondary N) is 2. The summed E-state index contributed by atoms with van der Waals surface area (Å²) in [7, 11) is 1.56. The number of carbonyl (C=O) groups excluding carboxylic acids is 1. The highest BCUT2D eigenvalue weighted by molar-refractivity contribution is 9.10. The lowest BCUT2D eigenvalue weighted by Gasteiger charge is -2.13. The number of carbonyl (C=O) groups is 1. The second-order valence-corrected chi connectivity index (χ2v) is 10.2. The Morgan fingerprint density at radius 1 is 0.974 bits per heavy atom. The van der Waals surface area contributed by atoms with Crippen LogP contribution in [0.2, 0.25) is 0 Å². The van der Waals surface area contributed by atoms with Crippen molar-refractivity contribution in [2.24, 2.45) is 0 Å². The molecule has 3 aromatic carbocycles. The number of aromatic nitrogens is 1. The summed E-state index contributed by atoms with van der Waals surface area (Å²) in [5.41, 5.74) is 4.83. The summed E-state index contributed by atoms with van der Waals surface area (Å²) < 4.78 is 18.2. The van der Waals surface area contributed by atoms with Gasteiger partial charge in [-0.2, -0.15) is 0 Å². The van der Waals surface area contributed by atoms with Gasteiger partial charge in [-0.1, -0.05) is 48.0 Å². The molecule has 0 fully saturated rings. The Bertz CT molecular complexity index is 1640. The molecule has 0 unspecified atom stereocenters. The van der Waals surface area contributed by atoms with E-state index >= 15 is 0 Å². The smallest absolute Gasteiger partial charge is 0.293 e. The Balaban J connectivity index is 1.32. The molecule has 1 amide bonds. The molecule has 5 aromatic rings. The SMILES string of the molecule is COc1ccc(-c2nc3cc(C(C)C)ccc3o2)cc1NC(=S)NC(=O)c1ccc(-c2ccc(Br)cc2)o1. The van der Waals surface area contributed by atoms with Crippen LogP contribution in [-0.4, -0.2) is 23.1 Å². The minimum absolute atomic E-state index is 0.0891. The number of oxazole rings is 1. The molecule has 7 nitrogen and oxygen atoms in total. The lowest BCUT2D eigenvalue weighted by molar-refractivity contribution is 0.0951. The summed E-state index contributed by atoms with van der Waals surface area (Å²) in [6.07, 6.45) is 0. The maximum Gasteiger partial charge on any atom is 0.293 e. The van der Waals surface area contributed by atoms with Crippen LogP contribution in [-0.2, 0) is 0 Å². The molecule has 38 heavy (non-hydrogen) atoms. The quantitative estimate of drug-likeness (QED) is 0.195. The molecule has 0 aliphatic heterocycles. The predicted octanol–water partition coefficient (Wildman–Crippen LogP) is 7.78. The number of hydrogen-bond donors (Lipinski definition) is 2. The van der Waals surface area contributed by atoms with Gasteiger partial charge >= 0.3 is 0 Å². The summed E-state index contributed by atoms with van der Waals surface area (Å²) in [5.74, 6) is 1.65. The number of ether oxygens (including phenoxy) is 1. The number of benzene rings is 3. The number of amides is 1. The maximum absolute atomic E-state index is 12.8. The van der Waals surface area contributed by atoms with Crippen molar-refractivity contribution in [3.8, 4) is 28.5 Å². The fourth-order valence-electron chi connectivity index (χ4n) is 3.91. The molecule has 2 heterocycles.